The van der Waals surface area contributed by atoms with Crippen LogP contribution in [0.3, 0.4) is 0 Å². The number of nitrogens with zero attached hydrogens (tertiary/aromatic N) is 2. The Kier molecular flexibility index (Phi) is 2.83. The van der Waals surface area contributed by atoms with Crippen molar-refractivity contribution in [2.24, 2.45) is 12.5 Å². The number of aromatic nitrogens is 2. The predicted molar refractivity (Wildman–Crippen MR) is 61.5 cm³/mol. The van der Waals surface area contributed by atoms with Gasteiger partial charge in [-0.1, -0.05) is 20.3 Å². The van der Waals surface area contributed by atoms with Crippen LogP contribution in [0, 0.1) is 5.41 Å². The Labute approximate surface area is 91.9 Å². The molecule has 0 aliphatic heterocycles. The molecule has 15 heavy (non-hydrogen) atoms. The van der Waals surface area contributed by atoms with Crippen LogP contribution >= 0.6 is 0 Å². The van der Waals surface area contributed by atoms with Crippen molar-refractivity contribution in [2.75, 3.05) is 0 Å². The van der Waals surface area contributed by atoms with Gasteiger partial charge in [0.2, 0.25) is 0 Å². The first-order valence-corrected chi connectivity index (χ1v) is 5.80. The highest BCUT2D eigenvalue weighted by Crippen LogP contribution is 2.37. The van der Waals surface area contributed by atoms with Crippen molar-refractivity contribution >= 4 is 0 Å². The molecule has 2 rings (SSSR count). The molecule has 84 valence electrons. The Hall–Kier alpha value is -0.830. The molecule has 1 aliphatic rings. The van der Waals surface area contributed by atoms with Gasteiger partial charge >= 0.3 is 0 Å². The average molecular weight is 207 g/mol. The van der Waals surface area contributed by atoms with Gasteiger partial charge in [-0.3, -0.25) is 4.68 Å². The lowest BCUT2D eigenvalue weighted by Crippen LogP contribution is -2.37. The quantitative estimate of drug-likeness (QED) is 0.822. The van der Waals surface area contributed by atoms with Crippen LogP contribution in [0.5, 0.6) is 0 Å². The van der Waals surface area contributed by atoms with Crippen molar-refractivity contribution in [3.8, 4) is 0 Å². The van der Waals surface area contributed by atoms with Gasteiger partial charge in [-0.05, 0) is 24.3 Å². The smallest absolute Gasteiger partial charge is 0.0762 e. The van der Waals surface area contributed by atoms with Crippen molar-refractivity contribution in [3.05, 3.63) is 18.0 Å². The van der Waals surface area contributed by atoms with Crippen molar-refractivity contribution in [2.45, 2.75) is 45.7 Å². The summed E-state index contributed by atoms with van der Waals surface area (Å²) < 4.78 is 1.86. The minimum atomic E-state index is 0.453. The van der Waals surface area contributed by atoms with E-state index in [1.807, 2.05) is 17.9 Å². The maximum Gasteiger partial charge on any atom is 0.0762 e. The molecule has 1 aliphatic carbocycles. The van der Waals surface area contributed by atoms with E-state index in [0.717, 1.165) is 12.2 Å². The zero-order chi connectivity index (χ0) is 10.9. The molecule has 0 spiro atoms. The number of nitrogens with one attached hydrogen (secondary N) is 1. The highest BCUT2D eigenvalue weighted by atomic mass is 15.3. The summed E-state index contributed by atoms with van der Waals surface area (Å²) in [6, 6.07) is 2.73. The van der Waals surface area contributed by atoms with Gasteiger partial charge in [0, 0.05) is 25.8 Å². The van der Waals surface area contributed by atoms with E-state index in [9.17, 15) is 0 Å². The normalized spacial score (nSPS) is 24.6. The largest absolute Gasteiger partial charge is 0.308 e. The van der Waals surface area contributed by atoms with Crippen LogP contribution in [-0.2, 0) is 13.6 Å². The minimum Gasteiger partial charge on any atom is -0.308 e. The van der Waals surface area contributed by atoms with Crippen LogP contribution in [-0.4, -0.2) is 15.8 Å². The van der Waals surface area contributed by atoms with Gasteiger partial charge in [-0.15, -0.1) is 0 Å². The Bertz CT molecular complexity index is 327. The standard InChI is InChI=1S/C12H21N3/c1-12(2)7-4-5-11(12)13-9-10-6-8-15(3)14-10/h6,8,11,13H,4-5,7,9H2,1-3H3. The molecule has 1 atom stereocenters. The molecule has 0 radical (unpaired) electrons. The number of hydrogen-bond acceptors (Lipinski definition) is 2. The lowest BCUT2D eigenvalue weighted by Gasteiger charge is -2.27. The molecule has 3 nitrogen and oxygen atoms in total. The molecule has 3 heteroatoms. The molecule has 0 saturated heterocycles. The van der Waals surface area contributed by atoms with Gasteiger partial charge in [0.15, 0.2) is 0 Å². The summed E-state index contributed by atoms with van der Waals surface area (Å²) in [5, 5.41) is 8.00. The fourth-order valence-corrected chi connectivity index (χ4v) is 2.49. The van der Waals surface area contributed by atoms with E-state index in [1.54, 1.807) is 0 Å². The van der Waals surface area contributed by atoms with E-state index in [-0.39, 0.29) is 0 Å². The van der Waals surface area contributed by atoms with Gasteiger partial charge in [0.05, 0.1) is 5.69 Å². The molecule has 0 aromatic carbocycles. The van der Waals surface area contributed by atoms with Gasteiger partial charge in [-0.25, -0.2) is 0 Å². The Morgan fingerprint density at radius 3 is 2.93 bits per heavy atom. The first-order chi connectivity index (χ1) is 7.08. The van der Waals surface area contributed by atoms with Crippen LogP contribution in [0.1, 0.15) is 38.8 Å². The molecule has 1 heterocycles. The topological polar surface area (TPSA) is 29.9 Å². The van der Waals surface area contributed by atoms with E-state index in [1.165, 1.54) is 19.3 Å². The second-order valence-corrected chi connectivity index (χ2v) is 5.30. The van der Waals surface area contributed by atoms with Crippen LogP contribution in [0.25, 0.3) is 0 Å². The molecular weight excluding hydrogens is 186 g/mol. The SMILES string of the molecule is Cn1ccc(CNC2CCCC2(C)C)n1. The zero-order valence-electron chi connectivity index (χ0n) is 9.95. The summed E-state index contributed by atoms with van der Waals surface area (Å²) in [7, 11) is 1.96. The highest BCUT2D eigenvalue weighted by molar-refractivity contribution is 5.00. The summed E-state index contributed by atoms with van der Waals surface area (Å²) in [5.41, 5.74) is 1.59. The van der Waals surface area contributed by atoms with E-state index in [0.29, 0.717) is 11.5 Å². The Balaban J connectivity index is 1.88. The molecule has 0 amide bonds. The van der Waals surface area contributed by atoms with Crippen LogP contribution in [0.2, 0.25) is 0 Å². The number of hydrogen-bond donors (Lipinski definition) is 1. The van der Waals surface area contributed by atoms with Gasteiger partial charge in [0.25, 0.3) is 0 Å². The summed E-state index contributed by atoms with van der Waals surface area (Å²) in [6.45, 7) is 5.61. The summed E-state index contributed by atoms with van der Waals surface area (Å²) in [5.74, 6) is 0. The first kappa shape index (κ1) is 10.7. The van der Waals surface area contributed by atoms with Gasteiger partial charge < -0.3 is 5.32 Å². The second-order valence-electron chi connectivity index (χ2n) is 5.30. The monoisotopic (exact) mass is 207 g/mol. The van der Waals surface area contributed by atoms with Crippen LogP contribution < -0.4 is 5.32 Å². The molecule has 1 aromatic heterocycles. The van der Waals surface area contributed by atoms with E-state index >= 15 is 0 Å². The third-order valence-electron chi connectivity index (χ3n) is 3.56. The number of rotatable bonds is 3. The lowest BCUT2D eigenvalue weighted by atomic mass is 9.87. The van der Waals surface area contributed by atoms with E-state index in [4.69, 9.17) is 0 Å². The Morgan fingerprint density at radius 2 is 2.40 bits per heavy atom. The van der Waals surface area contributed by atoms with Gasteiger partial charge in [0.1, 0.15) is 0 Å². The Morgan fingerprint density at radius 1 is 1.60 bits per heavy atom. The molecule has 1 saturated carbocycles. The number of aryl methyl sites for hydroxylation is 1. The lowest BCUT2D eigenvalue weighted by molar-refractivity contribution is 0.281. The highest BCUT2D eigenvalue weighted by Gasteiger charge is 2.33. The molecule has 1 N–H and O–H groups in total. The summed E-state index contributed by atoms with van der Waals surface area (Å²) in [6.07, 6.45) is 6.00. The second kappa shape index (κ2) is 3.97. The zero-order valence-corrected chi connectivity index (χ0v) is 9.95. The predicted octanol–water partition coefficient (Wildman–Crippen LogP) is 2.09. The first-order valence-electron chi connectivity index (χ1n) is 5.80. The van der Waals surface area contributed by atoms with Crippen molar-refractivity contribution in [1.82, 2.24) is 15.1 Å². The maximum atomic E-state index is 4.37. The fraction of sp³-hybridized carbons (Fsp3) is 0.750. The van der Waals surface area contributed by atoms with Gasteiger partial charge in [-0.2, -0.15) is 5.10 Å². The average Bonchev–Trinajstić information content (AvgIpc) is 2.69. The van der Waals surface area contributed by atoms with E-state index < -0.39 is 0 Å². The molecule has 1 unspecified atom stereocenters. The van der Waals surface area contributed by atoms with Crippen molar-refractivity contribution in [1.29, 1.82) is 0 Å². The van der Waals surface area contributed by atoms with E-state index in [2.05, 4.69) is 30.3 Å². The molecule has 0 bridgehead atoms. The molecule has 1 aromatic rings. The van der Waals surface area contributed by atoms with Crippen molar-refractivity contribution in [3.63, 3.8) is 0 Å². The van der Waals surface area contributed by atoms with Crippen molar-refractivity contribution < 1.29 is 0 Å². The maximum absolute atomic E-state index is 4.37. The fourth-order valence-electron chi connectivity index (χ4n) is 2.49. The third-order valence-corrected chi connectivity index (χ3v) is 3.56. The van der Waals surface area contributed by atoms with Crippen LogP contribution in [0.15, 0.2) is 12.3 Å². The summed E-state index contributed by atoms with van der Waals surface area (Å²) in [4.78, 5) is 0. The minimum absolute atomic E-state index is 0.453. The molecular formula is C12H21N3. The van der Waals surface area contributed by atoms with Crippen LogP contribution in [0.4, 0.5) is 0 Å². The molecule has 1 fully saturated rings. The summed E-state index contributed by atoms with van der Waals surface area (Å²) >= 11 is 0. The third kappa shape index (κ3) is 2.40.